The van der Waals surface area contributed by atoms with Gasteiger partial charge in [0.15, 0.2) is 0 Å². The quantitative estimate of drug-likeness (QED) is 0.544. The summed E-state index contributed by atoms with van der Waals surface area (Å²) in [5.41, 5.74) is 0. The normalized spacial score (nSPS) is 15.3. The van der Waals surface area contributed by atoms with Crippen LogP contribution >= 0.6 is 0 Å². The molecule has 0 saturated carbocycles. The summed E-state index contributed by atoms with van der Waals surface area (Å²) in [6.07, 6.45) is 0.829. The molecule has 2 atom stereocenters. The maximum atomic E-state index is 10.2. The molecule has 0 aliphatic heterocycles. The third-order valence-corrected chi connectivity index (χ3v) is 1.92. The summed E-state index contributed by atoms with van der Waals surface area (Å²) >= 11 is 0. The Labute approximate surface area is 79.0 Å². The van der Waals surface area contributed by atoms with E-state index in [0.29, 0.717) is 6.42 Å². The zero-order valence-electron chi connectivity index (χ0n) is 8.29. The first-order valence-electron chi connectivity index (χ1n) is 4.62. The van der Waals surface area contributed by atoms with Crippen LogP contribution in [0.15, 0.2) is 0 Å². The predicted molar refractivity (Wildman–Crippen MR) is 50.6 cm³/mol. The van der Waals surface area contributed by atoms with Crippen molar-refractivity contribution in [3.05, 3.63) is 0 Å². The number of carbonyl (C=O) groups is 1. The van der Waals surface area contributed by atoms with Gasteiger partial charge in [-0.2, -0.15) is 0 Å². The molecule has 0 amide bonds. The molecule has 0 aromatic rings. The Bertz CT molecular complexity index is 150. The first-order valence-corrected chi connectivity index (χ1v) is 4.62. The molecule has 2 unspecified atom stereocenters. The summed E-state index contributed by atoms with van der Waals surface area (Å²) in [6, 6.07) is 0.199. The number of aliphatic carboxylic acids is 1. The molecule has 0 aromatic carbocycles. The Morgan fingerprint density at radius 1 is 1.46 bits per heavy atom. The molecule has 78 valence electrons. The van der Waals surface area contributed by atoms with Crippen LogP contribution in [0.5, 0.6) is 0 Å². The molecule has 0 aromatic heterocycles. The van der Waals surface area contributed by atoms with Crippen LogP contribution in [0.25, 0.3) is 0 Å². The Kier molecular flexibility index (Phi) is 6.54. The van der Waals surface area contributed by atoms with Crippen molar-refractivity contribution in [2.75, 3.05) is 13.2 Å². The van der Waals surface area contributed by atoms with Gasteiger partial charge in [-0.15, -0.1) is 0 Å². The maximum Gasteiger partial charge on any atom is 0.303 e. The number of hydrogen-bond donors (Lipinski definition) is 3. The van der Waals surface area contributed by atoms with E-state index >= 15 is 0 Å². The summed E-state index contributed by atoms with van der Waals surface area (Å²) in [7, 11) is 0. The molecule has 0 aliphatic rings. The Morgan fingerprint density at radius 3 is 2.54 bits per heavy atom. The smallest absolute Gasteiger partial charge is 0.303 e. The second-order valence-corrected chi connectivity index (χ2v) is 3.53. The Balaban J connectivity index is 3.39. The second-order valence-electron chi connectivity index (χ2n) is 3.53. The van der Waals surface area contributed by atoms with Crippen LogP contribution in [0.4, 0.5) is 0 Å². The van der Waals surface area contributed by atoms with E-state index in [4.69, 9.17) is 10.2 Å². The van der Waals surface area contributed by atoms with E-state index in [1.807, 2.05) is 13.8 Å². The Morgan fingerprint density at radius 2 is 2.08 bits per heavy atom. The minimum absolute atomic E-state index is 0.165. The van der Waals surface area contributed by atoms with Crippen LogP contribution in [-0.4, -0.2) is 35.4 Å². The van der Waals surface area contributed by atoms with Gasteiger partial charge < -0.3 is 15.5 Å². The molecule has 4 nitrogen and oxygen atoms in total. The summed E-state index contributed by atoms with van der Waals surface area (Å²) in [5, 5.41) is 20.3. The minimum Gasteiger partial charge on any atom is -0.481 e. The summed E-state index contributed by atoms with van der Waals surface area (Å²) in [6.45, 7) is 4.79. The number of carboxylic acid groups (broad SMARTS) is 1. The lowest BCUT2D eigenvalue weighted by Gasteiger charge is -2.15. The second kappa shape index (κ2) is 6.86. The highest BCUT2D eigenvalue weighted by Crippen LogP contribution is 1.98. The zero-order valence-corrected chi connectivity index (χ0v) is 8.29. The molecule has 13 heavy (non-hydrogen) atoms. The van der Waals surface area contributed by atoms with Gasteiger partial charge in [0.1, 0.15) is 0 Å². The molecule has 4 heteroatoms. The maximum absolute atomic E-state index is 10.2. The van der Waals surface area contributed by atoms with Crippen LogP contribution < -0.4 is 5.32 Å². The molecular formula is C9H19NO3. The molecule has 3 N–H and O–H groups in total. The van der Waals surface area contributed by atoms with Crippen LogP contribution in [0.2, 0.25) is 0 Å². The lowest BCUT2D eigenvalue weighted by molar-refractivity contribution is -0.137. The van der Waals surface area contributed by atoms with E-state index in [9.17, 15) is 4.79 Å². The van der Waals surface area contributed by atoms with Crippen LogP contribution in [0, 0.1) is 5.92 Å². The zero-order chi connectivity index (χ0) is 10.3. The number of nitrogens with one attached hydrogen (secondary N) is 1. The molecular weight excluding hydrogens is 170 g/mol. The molecule has 0 heterocycles. The average molecular weight is 189 g/mol. The first kappa shape index (κ1) is 12.4. The summed E-state index contributed by atoms with van der Waals surface area (Å²) < 4.78 is 0. The number of carboxylic acids is 1. The van der Waals surface area contributed by atoms with E-state index in [0.717, 1.165) is 6.54 Å². The van der Waals surface area contributed by atoms with Crippen molar-refractivity contribution in [3.63, 3.8) is 0 Å². The first-order chi connectivity index (χ1) is 6.06. The topological polar surface area (TPSA) is 69.6 Å². The van der Waals surface area contributed by atoms with Crippen LogP contribution in [0.1, 0.15) is 26.7 Å². The molecule has 0 radical (unpaired) electrons. The van der Waals surface area contributed by atoms with E-state index in [1.54, 1.807) is 0 Å². The van der Waals surface area contributed by atoms with Crippen molar-refractivity contribution >= 4 is 5.97 Å². The fraction of sp³-hybridized carbons (Fsp3) is 0.889. The van der Waals surface area contributed by atoms with E-state index in [2.05, 4.69) is 5.32 Å². The fourth-order valence-electron chi connectivity index (χ4n) is 0.909. The molecule has 0 spiro atoms. The van der Waals surface area contributed by atoms with Crippen molar-refractivity contribution in [2.24, 2.45) is 5.92 Å². The third-order valence-electron chi connectivity index (χ3n) is 1.92. The molecule has 0 saturated heterocycles. The fourth-order valence-corrected chi connectivity index (χ4v) is 0.909. The Hall–Kier alpha value is -0.610. The standard InChI is InChI=1S/C9H19NO3/c1-7(6-11)5-10-8(2)3-4-9(12)13/h7-8,10-11H,3-6H2,1-2H3,(H,12,13). The number of aliphatic hydroxyl groups excluding tert-OH is 1. The van der Waals surface area contributed by atoms with Gasteiger partial charge in [0.05, 0.1) is 0 Å². The van der Waals surface area contributed by atoms with Crippen molar-refractivity contribution in [1.29, 1.82) is 0 Å². The van der Waals surface area contributed by atoms with Crippen molar-refractivity contribution in [1.82, 2.24) is 5.32 Å². The van der Waals surface area contributed by atoms with E-state index in [-0.39, 0.29) is 25.0 Å². The van der Waals surface area contributed by atoms with Gasteiger partial charge in [0.25, 0.3) is 0 Å². The van der Waals surface area contributed by atoms with Gasteiger partial charge in [0, 0.05) is 25.6 Å². The van der Waals surface area contributed by atoms with Gasteiger partial charge in [-0.25, -0.2) is 0 Å². The minimum atomic E-state index is -0.760. The summed E-state index contributed by atoms with van der Waals surface area (Å²) in [4.78, 5) is 10.2. The molecule has 0 rings (SSSR count). The van der Waals surface area contributed by atoms with Crippen molar-refractivity contribution in [2.45, 2.75) is 32.7 Å². The van der Waals surface area contributed by atoms with Crippen molar-refractivity contribution < 1.29 is 15.0 Å². The number of aliphatic hydroxyl groups is 1. The third kappa shape index (κ3) is 7.74. The molecule has 0 bridgehead atoms. The van der Waals surface area contributed by atoms with Crippen molar-refractivity contribution in [3.8, 4) is 0 Å². The van der Waals surface area contributed by atoms with Gasteiger partial charge in [-0.3, -0.25) is 4.79 Å². The van der Waals surface area contributed by atoms with E-state index in [1.165, 1.54) is 0 Å². The number of hydrogen-bond acceptors (Lipinski definition) is 3. The van der Waals surface area contributed by atoms with Gasteiger partial charge in [-0.1, -0.05) is 6.92 Å². The monoisotopic (exact) mass is 189 g/mol. The lowest BCUT2D eigenvalue weighted by Crippen LogP contribution is -2.31. The highest BCUT2D eigenvalue weighted by molar-refractivity contribution is 5.66. The lowest BCUT2D eigenvalue weighted by atomic mass is 10.1. The van der Waals surface area contributed by atoms with Crippen LogP contribution in [0.3, 0.4) is 0 Å². The highest BCUT2D eigenvalue weighted by Gasteiger charge is 2.06. The average Bonchev–Trinajstić information content (AvgIpc) is 2.10. The van der Waals surface area contributed by atoms with Crippen LogP contribution in [-0.2, 0) is 4.79 Å². The van der Waals surface area contributed by atoms with Gasteiger partial charge >= 0.3 is 5.97 Å². The highest BCUT2D eigenvalue weighted by atomic mass is 16.4. The van der Waals surface area contributed by atoms with E-state index < -0.39 is 5.97 Å². The van der Waals surface area contributed by atoms with Gasteiger partial charge in [-0.05, 0) is 19.3 Å². The SMILES string of the molecule is CC(CO)CNC(C)CCC(=O)O. The molecule has 0 aliphatic carbocycles. The molecule has 0 fully saturated rings. The number of rotatable bonds is 7. The van der Waals surface area contributed by atoms with Gasteiger partial charge in [0.2, 0.25) is 0 Å². The predicted octanol–water partition coefficient (Wildman–Crippen LogP) is 0.458. The summed E-state index contributed by atoms with van der Waals surface area (Å²) in [5.74, 6) is -0.531. The largest absolute Gasteiger partial charge is 0.481 e.